The molecule has 0 aromatic heterocycles. The third-order valence-electron chi connectivity index (χ3n) is 4.15. The van der Waals surface area contributed by atoms with Crippen LogP contribution in [0.25, 0.3) is 0 Å². The van der Waals surface area contributed by atoms with Crippen molar-refractivity contribution in [1.29, 1.82) is 0 Å². The Morgan fingerprint density at radius 2 is 1.65 bits per heavy atom. The van der Waals surface area contributed by atoms with E-state index in [0.717, 1.165) is 32.1 Å². The van der Waals surface area contributed by atoms with Crippen molar-refractivity contribution in [3.63, 3.8) is 0 Å². The summed E-state index contributed by atoms with van der Waals surface area (Å²) >= 11 is 0. The summed E-state index contributed by atoms with van der Waals surface area (Å²) in [7, 11) is 0. The second-order valence-electron chi connectivity index (χ2n) is 7.08. The zero-order valence-corrected chi connectivity index (χ0v) is 13.2. The molecule has 0 unspecified atom stereocenters. The Morgan fingerprint density at radius 3 is 2.05 bits per heavy atom. The van der Waals surface area contributed by atoms with Crippen LogP contribution in [0.1, 0.15) is 66.2 Å². The van der Waals surface area contributed by atoms with Crippen LogP contribution >= 0.6 is 0 Å². The van der Waals surface area contributed by atoms with Crippen LogP contribution in [0.4, 0.5) is 0 Å². The van der Waals surface area contributed by atoms with Crippen LogP contribution in [0.5, 0.6) is 0 Å². The summed E-state index contributed by atoms with van der Waals surface area (Å²) in [5.74, 6) is -0.269. The molecule has 4 nitrogen and oxygen atoms in total. The molecule has 1 rings (SSSR count). The van der Waals surface area contributed by atoms with Gasteiger partial charge in [0.05, 0.1) is 0 Å². The summed E-state index contributed by atoms with van der Waals surface area (Å²) in [6, 6.07) is -0.757. The number of aliphatic carboxylic acids is 1. The highest BCUT2D eigenvalue weighted by Gasteiger charge is 2.42. The lowest BCUT2D eigenvalue weighted by atomic mass is 9.77. The largest absolute Gasteiger partial charge is 0.480 e. The molecule has 0 aliphatic heterocycles. The fraction of sp³-hybridized carbons (Fsp3) is 0.875. The molecule has 2 N–H and O–H groups in total. The van der Waals surface area contributed by atoms with E-state index >= 15 is 0 Å². The van der Waals surface area contributed by atoms with Crippen LogP contribution in [0.15, 0.2) is 0 Å². The van der Waals surface area contributed by atoms with Gasteiger partial charge in [-0.05, 0) is 37.5 Å². The van der Waals surface area contributed by atoms with Crippen LogP contribution < -0.4 is 5.32 Å². The zero-order chi connectivity index (χ0) is 15.3. The third-order valence-corrected chi connectivity index (χ3v) is 4.15. The quantitative estimate of drug-likeness (QED) is 0.754. The Hall–Kier alpha value is -1.06. The van der Waals surface area contributed by atoms with Gasteiger partial charge in [0.1, 0.15) is 6.04 Å². The average Bonchev–Trinajstić information content (AvgIpc) is 2.76. The molecule has 0 radical (unpaired) electrons. The highest BCUT2D eigenvalue weighted by molar-refractivity contribution is 5.87. The lowest BCUT2D eigenvalue weighted by Gasteiger charge is -2.31. The van der Waals surface area contributed by atoms with Crippen molar-refractivity contribution < 1.29 is 14.7 Å². The molecule has 0 aromatic rings. The summed E-state index contributed by atoms with van der Waals surface area (Å²) in [6.07, 6.45) is 5.27. The molecular formula is C16H29NO3. The number of rotatable bonds is 7. The smallest absolute Gasteiger partial charge is 0.326 e. The topological polar surface area (TPSA) is 66.4 Å². The molecule has 1 saturated carbocycles. The number of carbonyl (C=O) groups excluding carboxylic acids is 1. The second kappa shape index (κ2) is 7.09. The van der Waals surface area contributed by atoms with E-state index in [1.807, 2.05) is 13.8 Å². The van der Waals surface area contributed by atoms with E-state index in [1.165, 1.54) is 0 Å². The van der Waals surface area contributed by atoms with Crippen molar-refractivity contribution in [3.05, 3.63) is 0 Å². The summed E-state index contributed by atoms with van der Waals surface area (Å²) < 4.78 is 0. The third kappa shape index (κ3) is 4.50. The minimum absolute atomic E-state index is 0.0447. The summed E-state index contributed by atoms with van der Waals surface area (Å²) in [6.45, 7) is 8.19. The van der Waals surface area contributed by atoms with Crippen LogP contribution in [-0.4, -0.2) is 23.0 Å². The van der Waals surface area contributed by atoms with Gasteiger partial charge < -0.3 is 10.4 Å². The maximum absolute atomic E-state index is 12.6. The molecule has 1 atom stereocenters. The SMILES string of the molecule is CC(C)C[C@H](NC(=O)C1(CC(C)C)CCCC1)C(=O)O. The Kier molecular flexibility index (Phi) is 6.03. The van der Waals surface area contributed by atoms with Gasteiger partial charge in [0.15, 0.2) is 0 Å². The van der Waals surface area contributed by atoms with E-state index in [9.17, 15) is 14.7 Å². The number of hydrogen-bond acceptors (Lipinski definition) is 2. The van der Waals surface area contributed by atoms with Crippen LogP contribution in [0.2, 0.25) is 0 Å². The van der Waals surface area contributed by atoms with E-state index in [-0.39, 0.29) is 17.2 Å². The fourth-order valence-electron chi connectivity index (χ4n) is 3.36. The summed E-state index contributed by atoms with van der Waals surface area (Å²) in [5, 5.41) is 12.1. The number of hydrogen-bond donors (Lipinski definition) is 2. The molecule has 0 aromatic carbocycles. The van der Waals surface area contributed by atoms with Crippen molar-refractivity contribution in [1.82, 2.24) is 5.32 Å². The van der Waals surface area contributed by atoms with Crippen molar-refractivity contribution in [3.8, 4) is 0 Å². The maximum Gasteiger partial charge on any atom is 0.326 e. The molecule has 4 heteroatoms. The van der Waals surface area contributed by atoms with E-state index < -0.39 is 12.0 Å². The predicted octanol–water partition coefficient (Wildman–Crippen LogP) is 3.21. The monoisotopic (exact) mass is 283 g/mol. The van der Waals surface area contributed by atoms with Crippen molar-refractivity contribution in [2.45, 2.75) is 72.3 Å². The van der Waals surface area contributed by atoms with E-state index in [0.29, 0.717) is 12.3 Å². The molecule has 1 aliphatic carbocycles. The first-order valence-electron chi connectivity index (χ1n) is 7.80. The second-order valence-corrected chi connectivity index (χ2v) is 7.08. The molecule has 0 spiro atoms. The molecular weight excluding hydrogens is 254 g/mol. The van der Waals surface area contributed by atoms with Crippen LogP contribution in [-0.2, 0) is 9.59 Å². The van der Waals surface area contributed by atoms with Gasteiger partial charge in [0, 0.05) is 5.41 Å². The normalized spacial score (nSPS) is 19.3. The molecule has 20 heavy (non-hydrogen) atoms. The van der Waals surface area contributed by atoms with E-state index in [2.05, 4.69) is 19.2 Å². The predicted molar refractivity (Wildman–Crippen MR) is 79.4 cm³/mol. The van der Waals surface area contributed by atoms with Crippen molar-refractivity contribution >= 4 is 11.9 Å². The Balaban J connectivity index is 2.76. The summed E-state index contributed by atoms with van der Waals surface area (Å²) in [4.78, 5) is 23.9. The van der Waals surface area contributed by atoms with Crippen molar-refractivity contribution in [2.24, 2.45) is 17.3 Å². The molecule has 1 aliphatic rings. The first kappa shape index (κ1) is 17.0. The number of amides is 1. The highest BCUT2D eigenvalue weighted by atomic mass is 16.4. The van der Waals surface area contributed by atoms with Crippen LogP contribution in [0.3, 0.4) is 0 Å². The standard InChI is InChI=1S/C16H29NO3/c1-11(2)9-13(14(18)19)17-15(20)16(10-12(3)4)7-5-6-8-16/h11-13H,5-10H2,1-4H3,(H,17,20)(H,18,19)/t13-/m0/s1. The van der Waals surface area contributed by atoms with Gasteiger partial charge in [0.25, 0.3) is 0 Å². The number of carbonyl (C=O) groups is 2. The van der Waals surface area contributed by atoms with Gasteiger partial charge in [0.2, 0.25) is 5.91 Å². The Morgan fingerprint density at radius 1 is 1.10 bits per heavy atom. The van der Waals surface area contributed by atoms with Crippen LogP contribution in [0, 0.1) is 17.3 Å². The van der Waals surface area contributed by atoms with Gasteiger partial charge >= 0.3 is 5.97 Å². The van der Waals surface area contributed by atoms with Gasteiger partial charge in [-0.25, -0.2) is 4.79 Å². The number of nitrogens with one attached hydrogen (secondary N) is 1. The molecule has 1 amide bonds. The molecule has 116 valence electrons. The minimum atomic E-state index is -0.926. The first-order chi connectivity index (χ1) is 9.27. The van der Waals surface area contributed by atoms with Gasteiger partial charge in [-0.15, -0.1) is 0 Å². The number of carboxylic acids is 1. The van der Waals surface area contributed by atoms with Gasteiger partial charge in [-0.1, -0.05) is 40.5 Å². The molecule has 0 saturated heterocycles. The molecule has 0 heterocycles. The first-order valence-corrected chi connectivity index (χ1v) is 7.80. The molecule has 1 fully saturated rings. The van der Waals surface area contributed by atoms with E-state index in [1.54, 1.807) is 0 Å². The lowest BCUT2D eigenvalue weighted by Crippen LogP contribution is -2.48. The lowest BCUT2D eigenvalue weighted by molar-refractivity contribution is -0.144. The summed E-state index contributed by atoms with van der Waals surface area (Å²) in [5.41, 5.74) is -0.334. The van der Waals surface area contributed by atoms with Gasteiger partial charge in [-0.2, -0.15) is 0 Å². The minimum Gasteiger partial charge on any atom is -0.480 e. The van der Waals surface area contributed by atoms with Gasteiger partial charge in [-0.3, -0.25) is 4.79 Å². The average molecular weight is 283 g/mol. The maximum atomic E-state index is 12.6. The molecule has 0 bridgehead atoms. The number of carboxylic acid groups (broad SMARTS) is 1. The Bertz CT molecular complexity index is 344. The zero-order valence-electron chi connectivity index (χ0n) is 13.2. The Labute approximate surface area is 122 Å². The fourth-order valence-corrected chi connectivity index (χ4v) is 3.36. The van der Waals surface area contributed by atoms with Crippen molar-refractivity contribution in [2.75, 3.05) is 0 Å². The van der Waals surface area contributed by atoms with E-state index in [4.69, 9.17) is 0 Å². The highest BCUT2D eigenvalue weighted by Crippen LogP contribution is 2.43.